The van der Waals surface area contributed by atoms with E-state index in [1.165, 1.54) is 0 Å². The third-order valence-corrected chi connectivity index (χ3v) is 4.57. The third-order valence-electron chi connectivity index (χ3n) is 4.57. The Balaban J connectivity index is 1.62. The molecule has 0 unspecified atom stereocenters. The standard InChI is InChI=1S/C20H26N2O3/c1-3-25-19-10-6-7-16(20(19)23)15-21-11-13-22(14-12-21)17-8-4-5-9-18(17)24-2/h4-10,23H,3,11-15H2,1-2H3. The van der Waals surface area contributed by atoms with Gasteiger partial charge < -0.3 is 19.5 Å². The van der Waals surface area contributed by atoms with Gasteiger partial charge in [-0.3, -0.25) is 4.90 Å². The van der Waals surface area contributed by atoms with Crippen molar-refractivity contribution in [2.24, 2.45) is 0 Å². The Bertz CT molecular complexity index is 697. The predicted molar refractivity (Wildman–Crippen MR) is 99.8 cm³/mol. The minimum Gasteiger partial charge on any atom is -0.504 e. The number of rotatable bonds is 6. The topological polar surface area (TPSA) is 45.2 Å². The minimum atomic E-state index is 0.261. The lowest BCUT2D eigenvalue weighted by molar-refractivity contribution is 0.244. The molecule has 0 bridgehead atoms. The van der Waals surface area contributed by atoms with E-state index in [-0.39, 0.29) is 5.75 Å². The van der Waals surface area contributed by atoms with Crippen molar-refractivity contribution in [3.63, 3.8) is 0 Å². The van der Waals surface area contributed by atoms with E-state index in [0.717, 1.165) is 49.7 Å². The Morgan fingerprint density at radius 3 is 2.40 bits per heavy atom. The molecule has 2 aromatic rings. The SMILES string of the molecule is CCOc1cccc(CN2CCN(c3ccccc3OC)CC2)c1O. The van der Waals surface area contributed by atoms with E-state index in [4.69, 9.17) is 9.47 Å². The number of phenols is 1. The number of nitrogens with zero attached hydrogens (tertiary/aromatic N) is 2. The van der Waals surface area contributed by atoms with Crippen molar-refractivity contribution in [2.45, 2.75) is 13.5 Å². The summed E-state index contributed by atoms with van der Waals surface area (Å²) >= 11 is 0. The first-order valence-electron chi connectivity index (χ1n) is 8.77. The maximum atomic E-state index is 10.4. The van der Waals surface area contributed by atoms with E-state index in [0.29, 0.717) is 12.4 Å². The van der Waals surface area contributed by atoms with Crippen LogP contribution in [-0.2, 0) is 6.54 Å². The summed E-state index contributed by atoms with van der Waals surface area (Å²) in [6.07, 6.45) is 0. The lowest BCUT2D eigenvalue weighted by atomic mass is 10.1. The molecule has 0 aromatic heterocycles. The molecule has 3 rings (SSSR count). The van der Waals surface area contributed by atoms with Gasteiger partial charge in [-0.05, 0) is 25.1 Å². The number of aromatic hydroxyl groups is 1. The van der Waals surface area contributed by atoms with Crippen LogP contribution in [0.25, 0.3) is 0 Å². The zero-order valence-electron chi connectivity index (χ0n) is 14.9. The van der Waals surface area contributed by atoms with Crippen molar-refractivity contribution in [2.75, 3.05) is 44.8 Å². The smallest absolute Gasteiger partial charge is 0.162 e. The summed E-state index contributed by atoms with van der Waals surface area (Å²) in [4.78, 5) is 4.71. The summed E-state index contributed by atoms with van der Waals surface area (Å²) in [5, 5.41) is 10.4. The van der Waals surface area contributed by atoms with Crippen LogP contribution in [0.5, 0.6) is 17.2 Å². The molecule has 1 N–H and O–H groups in total. The minimum absolute atomic E-state index is 0.261. The fraction of sp³-hybridized carbons (Fsp3) is 0.400. The molecular formula is C20H26N2O3. The van der Waals surface area contributed by atoms with Gasteiger partial charge in [0.15, 0.2) is 11.5 Å². The molecule has 1 saturated heterocycles. The molecule has 1 aliphatic heterocycles. The Morgan fingerprint density at radius 1 is 0.960 bits per heavy atom. The van der Waals surface area contributed by atoms with Crippen LogP contribution in [0.2, 0.25) is 0 Å². The van der Waals surface area contributed by atoms with Crippen LogP contribution >= 0.6 is 0 Å². The maximum absolute atomic E-state index is 10.4. The van der Waals surface area contributed by atoms with E-state index in [1.807, 2.05) is 43.3 Å². The summed E-state index contributed by atoms with van der Waals surface area (Å²) in [6, 6.07) is 13.8. The maximum Gasteiger partial charge on any atom is 0.162 e. The van der Waals surface area contributed by atoms with Crippen molar-refractivity contribution >= 4 is 5.69 Å². The lowest BCUT2D eigenvalue weighted by Gasteiger charge is -2.36. The molecule has 0 atom stereocenters. The van der Waals surface area contributed by atoms with E-state index in [1.54, 1.807) is 7.11 Å². The monoisotopic (exact) mass is 342 g/mol. The molecule has 2 aromatic carbocycles. The number of anilines is 1. The summed E-state index contributed by atoms with van der Waals surface area (Å²) in [6.45, 7) is 6.95. The van der Waals surface area contributed by atoms with Crippen molar-refractivity contribution in [3.05, 3.63) is 48.0 Å². The molecule has 25 heavy (non-hydrogen) atoms. The van der Waals surface area contributed by atoms with Gasteiger partial charge in [-0.15, -0.1) is 0 Å². The van der Waals surface area contributed by atoms with Crippen molar-refractivity contribution in [3.8, 4) is 17.2 Å². The summed E-state index contributed by atoms with van der Waals surface area (Å²) in [7, 11) is 1.71. The molecule has 1 aliphatic rings. The highest BCUT2D eigenvalue weighted by Crippen LogP contribution is 2.32. The van der Waals surface area contributed by atoms with Gasteiger partial charge in [0.2, 0.25) is 0 Å². The molecule has 0 amide bonds. The van der Waals surface area contributed by atoms with E-state index in [2.05, 4.69) is 15.9 Å². The summed E-state index contributed by atoms with van der Waals surface area (Å²) in [5.74, 6) is 1.74. The first-order chi connectivity index (χ1) is 12.2. The van der Waals surface area contributed by atoms with Gasteiger partial charge in [0.1, 0.15) is 5.75 Å². The average molecular weight is 342 g/mol. The van der Waals surface area contributed by atoms with E-state index >= 15 is 0 Å². The van der Waals surface area contributed by atoms with E-state index in [9.17, 15) is 5.11 Å². The highest BCUT2D eigenvalue weighted by molar-refractivity contribution is 5.58. The van der Waals surface area contributed by atoms with Crippen molar-refractivity contribution in [1.82, 2.24) is 4.90 Å². The highest BCUT2D eigenvalue weighted by atomic mass is 16.5. The first kappa shape index (κ1) is 17.4. The van der Waals surface area contributed by atoms with Crippen LogP contribution in [0.1, 0.15) is 12.5 Å². The van der Waals surface area contributed by atoms with Gasteiger partial charge in [0, 0.05) is 38.3 Å². The number of hydrogen-bond donors (Lipinski definition) is 1. The quantitative estimate of drug-likeness (QED) is 0.874. The molecule has 0 saturated carbocycles. The third kappa shape index (κ3) is 3.99. The molecule has 5 heteroatoms. The van der Waals surface area contributed by atoms with Crippen LogP contribution in [0, 0.1) is 0 Å². The van der Waals surface area contributed by atoms with E-state index < -0.39 is 0 Å². The fourth-order valence-electron chi connectivity index (χ4n) is 3.25. The van der Waals surface area contributed by atoms with Gasteiger partial charge in [0.25, 0.3) is 0 Å². The number of para-hydroxylation sites is 3. The Hall–Kier alpha value is -2.40. The fourth-order valence-corrected chi connectivity index (χ4v) is 3.25. The first-order valence-corrected chi connectivity index (χ1v) is 8.77. The molecule has 0 aliphatic carbocycles. The largest absolute Gasteiger partial charge is 0.504 e. The van der Waals surface area contributed by atoms with Gasteiger partial charge in [0.05, 0.1) is 19.4 Å². The number of methoxy groups -OCH3 is 1. The zero-order valence-corrected chi connectivity index (χ0v) is 14.9. The Morgan fingerprint density at radius 2 is 1.68 bits per heavy atom. The number of ether oxygens (including phenoxy) is 2. The molecule has 134 valence electrons. The molecule has 1 heterocycles. The summed E-state index contributed by atoms with van der Waals surface area (Å²) in [5.41, 5.74) is 2.06. The Labute approximate surface area is 149 Å². The van der Waals surface area contributed by atoms with Crippen LogP contribution in [0.3, 0.4) is 0 Å². The van der Waals surface area contributed by atoms with Crippen molar-refractivity contribution in [1.29, 1.82) is 0 Å². The molecule has 5 nitrogen and oxygen atoms in total. The number of benzene rings is 2. The predicted octanol–water partition coefficient (Wildman–Crippen LogP) is 3.12. The average Bonchev–Trinajstić information content (AvgIpc) is 2.66. The van der Waals surface area contributed by atoms with Crippen LogP contribution in [0.15, 0.2) is 42.5 Å². The second-order valence-electron chi connectivity index (χ2n) is 6.13. The highest BCUT2D eigenvalue weighted by Gasteiger charge is 2.20. The van der Waals surface area contributed by atoms with Crippen LogP contribution in [0.4, 0.5) is 5.69 Å². The Kier molecular flexibility index (Phi) is 5.66. The molecule has 0 radical (unpaired) electrons. The second kappa shape index (κ2) is 8.12. The van der Waals surface area contributed by atoms with Gasteiger partial charge in [-0.25, -0.2) is 0 Å². The second-order valence-corrected chi connectivity index (χ2v) is 6.13. The molecule has 1 fully saturated rings. The number of piperazine rings is 1. The number of phenolic OH excluding ortho intramolecular Hbond substituents is 1. The van der Waals surface area contributed by atoms with Gasteiger partial charge in [-0.2, -0.15) is 0 Å². The van der Waals surface area contributed by atoms with Crippen LogP contribution < -0.4 is 14.4 Å². The molecular weight excluding hydrogens is 316 g/mol. The molecule has 0 spiro atoms. The lowest BCUT2D eigenvalue weighted by Crippen LogP contribution is -2.46. The summed E-state index contributed by atoms with van der Waals surface area (Å²) < 4.78 is 10.9. The normalized spacial score (nSPS) is 15.2. The van der Waals surface area contributed by atoms with Gasteiger partial charge in [-0.1, -0.05) is 24.3 Å². The van der Waals surface area contributed by atoms with Crippen LogP contribution in [-0.4, -0.2) is 49.9 Å². The van der Waals surface area contributed by atoms with Crippen molar-refractivity contribution < 1.29 is 14.6 Å². The van der Waals surface area contributed by atoms with Gasteiger partial charge >= 0.3 is 0 Å². The number of hydrogen-bond acceptors (Lipinski definition) is 5. The zero-order chi connectivity index (χ0) is 17.6.